The van der Waals surface area contributed by atoms with Gasteiger partial charge in [0.25, 0.3) is 5.91 Å². The number of hydrogen-bond donors (Lipinski definition) is 1. The number of carbonyl (C=O) groups is 1. The van der Waals surface area contributed by atoms with Gasteiger partial charge in [0.15, 0.2) is 0 Å². The molecule has 1 aromatic carbocycles. The fourth-order valence-electron chi connectivity index (χ4n) is 1.76. The smallest absolute Gasteiger partial charge is 0.261 e. The van der Waals surface area contributed by atoms with E-state index in [0.29, 0.717) is 6.54 Å². The Labute approximate surface area is 108 Å². The van der Waals surface area contributed by atoms with E-state index in [4.69, 9.17) is 4.42 Å². The number of hydrogen-bond acceptors (Lipinski definition) is 3. The van der Waals surface area contributed by atoms with Crippen LogP contribution in [0.4, 0.5) is 0 Å². The van der Waals surface area contributed by atoms with Gasteiger partial charge in [-0.15, -0.1) is 11.3 Å². The summed E-state index contributed by atoms with van der Waals surface area (Å²) in [5, 5.41) is 3.94. The van der Waals surface area contributed by atoms with Crippen molar-refractivity contribution in [2.24, 2.45) is 0 Å². The quantitative estimate of drug-likeness (QED) is 0.781. The summed E-state index contributed by atoms with van der Waals surface area (Å²) in [6.07, 6.45) is 1.60. The number of thiophene rings is 1. The van der Waals surface area contributed by atoms with Crippen LogP contribution in [0.5, 0.6) is 0 Å². The Hall–Kier alpha value is -2.07. The van der Waals surface area contributed by atoms with Crippen molar-refractivity contribution in [1.29, 1.82) is 0 Å². The van der Waals surface area contributed by atoms with E-state index in [1.54, 1.807) is 12.3 Å². The molecule has 0 bridgehead atoms. The summed E-state index contributed by atoms with van der Waals surface area (Å²) >= 11 is 1.50. The van der Waals surface area contributed by atoms with Crippen LogP contribution in [0, 0.1) is 0 Å². The Balaban J connectivity index is 1.75. The first-order valence-corrected chi connectivity index (χ1v) is 6.44. The molecular formula is C14H11NO2S. The lowest BCUT2D eigenvalue weighted by Gasteiger charge is -1.99. The van der Waals surface area contributed by atoms with E-state index in [9.17, 15) is 4.79 Å². The summed E-state index contributed by atoms with van der Waals surface area (Å²) in [6.45, 7) is 0.417. The molecule has 2 heterocycles. The Bertz CT molecular complexity index is 637. The second kappa shape index (κ2) is 4.66. The zero-order valence-corrected chi connectivity index (χ0v) is 10.4. The van der Waals surface area contributed by atoms with Crippen LogP contribution in [0.25, 0.3) is 10.1 Å². The molecule has 1 N–H and O–H groups in total. The molecule has 0 atom stereocenters. The minimum atomic E-state index is -0.0624. The molecule has 0 aliphatic rings. The third kappa shape index (κ3) is 2.15. The highest BCUT2D eigenvalue weighted by Gasteiger charge is 2.09. The van der Waals surface area contributed by atoms with Gasteiger partial charge in [-0.05, 0) is 29.7 Å². The van der Waals surface area contributed by atoms with Crippen molar-refractivity contribution in [2.45, 2.75) is 6.54 Å². The van der Waals surface area contributed by atoms with Crippen molar-refractivity contribution in [3.05, 3.63) is 59.4 Å². The number of amides is 1. The molecule has 0 aliphatic heterocycles. The lowest BCUT2D eigenvalue weighted by atomic mass is 10.2. The number of nitrogens with one attached hydrogen (secondary N) is 1. The van der Waals surface area contributed by atoms with Gasteiger partial charge in [0.2, 0.25) is 0 Å². The highest BCUT2D eigenvalue weighted by atomic mass is 32.1. The van der Waals surface area contributed by atoms with Gasteiger partial charge in [-0.1, -0.05) is 18.2 Å². The van der Waals surface area contributed by atoms with E-state index < -0.39 is 0 Å². The maximum absolute atomic E-state index is 12.0. The fraction of sp³-hybridized carbons (Fsp3) is 0.0714. The minimum Gasteiger partial charge on any atom is -0.467 e. The zero-order chi connectivity index (χ0) is 12.4. The molecule has 0 radical (unpaired) electrons. The van der Waals surface area contributed by atoms with Crippen molar-refractivity contribution >= 4 is 27.3 Å². The van der Waals surface area contributed by atoms with Gasteiger partial charge in [-0.2, -0.15) is 0 Å². The Morgan fingerprint density at radius 3 is 2.89 bits per heavy atom. The summed E-state index contributed by atoms with van der Waals surface area (Å²) < 4.78 is 6.29. The largest absolute Gasteiger partial charge is 0.467 e. The SMILES string of the molecule is O=C(NCc1ccco1)c1cc2ccccc2s1. The first-order valence-electron chi connectivity index (χ1n) is 5.62. The van der Waals surface area contributed by atoms with E-state index in [1.807, 2.05) is 36.4 Å². The van der Waals surface area contributed by atoms with Gasteiger partial charge in [0, 0.05) is 4.70 Å². The summed E-state index contributed by atoms with van der Waals surface area (Å²) in [4.78, 5) is 12.7. The summed E-state index contributed by atoms with van der Waals surface area (Å²) in [6, 6.07) is 13.5. The number of rotatable bonds is 3. The van der Waals surface area contributed by atoms with E-state index >= 15 is 0 Å². The average Bonchev–Trinajstić information content (AvgIpc) is 3.04. The average molecular weight is 257 g/mol. The highest BCUT2D eigenvalue weighted by Crippen LogP contribution is 2.25. The molecule has 4 heteroatoms. The molecule has 0 fully saturated rings. The molecule has 0 spiro atoms. The van der Waals surface area contributed by atoms with Crippen LogP contribution in [0.2, 0.25) is 0 Å². The van der Waals surface area contributed by atoms with E-state index in [1.165, 1.54) is 11.3 Å². The number of benzene rings is 1. The third-order valence-electron chi connectivity index (χ3n) is 2.65. The van der Waals surface area contributed by atoms with Gasteiger partial charge >= 0.3 is 0 Å². The van der Waals surface area contributed by atoms with Crippen LogP contribution in [-0.2, 0) is 6.54 Å². The van der Waals surface area contributed by atoms with Gasteiger partial charge in [0.1, 0.15) is 5.76 Å². The highest BCUT2D eigenvalue weighted by molar-refractivity contribution is 7.20. The Kier molecular flexibility index (Phi) is 2.86. The second-order valence-corrected chi connectivity index (χ2v) is 4.99. The van der Waals surface area contributed by atoms with Gasteiger partial charge < -0.3 is 9.73 Å². The maximum atomic E-state index is 12.0. The van der Waals surface area contributed by atoms with Gasteiger partial charge in [-0.25, -0.2) is 0 Å². The maximum Gasteiger partial charge on any atom is 0.261 e. The van der Waals surface area contributed by atoms with Crippen LogP contribution in [-0.4, -0.2) is 5.91 Å². The van der Waals surface area contributed by atoms with Crippen molar-refractivity contribution in [3.63, 3.8) is 0 Å². The van der Waals surface area contributed by atoms with Gasteiger partial charge in [-0.3, -0.25) is 4.79 Å². The Morgan fingerprint density at radius 1 is 1.22 bits per heavy atom. The topological polar surface area (TPSA) is 42.2 Å². The van der Waals surface area contributed by atoms with E-state index in [-0.39, 0.29) is 5.91 Å². The van der Waals surface area contributed by atoms with E-state index in [0.717, 1.165) is 20.7 Å². The standard InChI is InChI=1S/C14H11NO2S/c16-14(15-9-11-5-3-7-17-11)13-8-10-4-1-2-6-12(10)18-13/h1-8H,9H2,(H,15,16). The van der Waals surface area contributed by atoms with Crippen molar-refractivity contribution < 1.29 is 9.21 Å². The molecule has 3 nitrogen and oxygen atoms in total. The molecule has 3 aromatic rings. The fourth-order valence-corrected chi connectivity index (χ4v) is 2.74. The molecule has 0 saturated heterocycles. The number of carbonyl (C=O) groups excluding carboxylic acids is 1. The van der Waals surface area contributed by atoms with Crippen molar-refractivity contribution in [2.75, 3.05) is 0 Å². The summed E-state index contributed by atoms with van der Waals surface area (Å²) in [7, 11) is 0. The molecule has 90 valence electrons. The van der Waals surface area contributed by atoms with Crippen LogP contribution < -0.4 is 5.32 Å². The van der Waals surface area contributed by atoms with Crippen LogP contribution >= 0.6 is 11.3 Å². The van der Waals surface area contributed by atoms with E-state index in [2.05, 4.69) is 5.32 Å². The molecule has 2 aromatic heterocycles. The molecule has 0 aliphatic carbocycles. The zero-order valence-electron chi connectivity index (χ0n) is 9.55. The summed E-state index contributed by atoms with van der Waals surface area (Å²) in [5.41, 5.74) is 0. The lowest BCUT2D eigenvalue weighted by molar-refractivity contribution is 0.0952. The summed E-state index contributed by atoms with van der Waals surface area (Å²) in [5.74, 6) is 0.692. The van der Waals surface area contributed by atoms with Crippen molar-refractivity contribution in [1.82, 2.24) is 5.32 Å². The van der Waals surface area contributed by atoms with Crippen LogP contribution in [0.15, 0.2) is 53.1 Å². The van der Waals surface area contributed by atoms with Crippen LogP contribution in [0.1, 0.15) is 15.4 Å². The second-order valence-electron chi connectivity index (χ2n) is 3.91. The molecule has 18 heavy (non-hydrogen) atoms. The molecular weight excluding hydrogens is 246 g/mol. The Morgan fingerprint density at radius 2 is 2.11 bits per heavy atom. The first-order chi connectivity index (χ1) is 8.83. The first kappa shape index (κ1) is 11.0. The molecule has 3 rings (SSSR count). The predicted molar refractivity (Wildman–Crippen MR) is 71.7 cm³/mol. The van der Waals surface area contributed by atoms with Crippen LogP contribution in [0.3, 0.4) is 0 Å². The monoisotopic (exact) mass is 257 g/mol. The lowest BCUT2D eigenvalue weighted by Crippen LogP contribution is -2.21. The normalized spacial score (nSPS) is 10.7. The third-order valence-corrected chi connectivity index (χ3v) is 3.77. The number of fused-ring (bicyclic) bond motifs is 1. The van der Waals surface area contributed by atoms with Gasteiger partial charge in [0.05, 0.1) is 17.7 Å². The molecule has 0 saturated carbocycles. The number of furan rings is 1. The molecule has 0 unspecified atom stereocenters. The van der Waals surface area contributed by atoms with Crippen molar-refractivity contribution in [3.8, 4) is 0 Å². The molecule has 1 amide bonds. The predicted octanol–water partition coefficient (Wildman–Crippen LogP) is 3.42. The minimum absolute atomic E-state index is 0.0624.